The summed E-state index contributed by atoms with van der Waals surface area (Å²) < 4.78 is 2.32. The van der Waals surface area contributed by atoms with E-state index in [4.69, 9.17) is 4.98 Å². The molecule has 0 amide bonds. The van der Waals surface area contributed by atoms with Gasteiger partial charge in [-0.25, -0.2) is 4.98 Å². The number of pyridine rings is 2. The zero-order valence-corrected chi connectivity index (χ0v) is 26.4. The minimum atomic E-state index is -0.142. The van der Waals surface area contributed by atoms with Crippen LogP contribution in [0.3, 0.4) is 0 Å². The van der Waals surface area contributed by atoms with Gasteiger partial charge in [0.2, 0.25) is 0 Å². The number of para-hydroxylation sites is 1. The molecule has 0 spiro atoms. The van der Waals surface area contributed by atoms with Gasteiger partial charge < -0.3 is 9.55 Å². The molecule has 1 aliphatic rings. The van der Waals surface area contributed by atoms with Gasteiger partial charge in [-0.15, -0.1) is 47.7 Å². The second kappa shape index (κ2) is 11.7. The predicted molar refractivity (Wildman–Crippen MR) is 169 cm³/mol. The van der Waals surface area contributed by atoms with Gasteiger partial charge in [-0.05, 0) is 39.7 Å². The van der Waals surface area contributed by atoms with E-state index >= 15 is 0 Å². The van der Waals surface area contributed by atoms with Gasteiger partial charge >= 0.3 is 0 Å². The number of fused-ring (bicyclic) bond motifs is 5. The van der Waals surface area contributed by atoms with Crippen LogP contribution in [0.25, 0.3) is 38.8 Å². The van der Waals surface area contributed by atoms with Crippen LogP contribution >= 0.6 is 11.8 Å². The van der Waals surface area contributed by atoms with E-state index in [1.165, 1.54) is 31.8 Å². The molecular weight excluding hydrogens is 711 g/mol. The maximum Gasteiger partial charge on any atom is 0.136 e. The van der Waals surface area contributed by atoms with Crippen molar-refractivity contribution in [3.63, 3.8) is 0 Å². The molecule has 3 aromatic heterocycles. The van der Waals surface area contributed by atoms with E-state index < -0.39 is 0 Å². The second-order valence-electron chi connectivity index (χ2n) is 10.5. The Morgan fingerprint density at radius 2 is 1.50 bits per heavy atom. The Bertz CT molecular complexity index is 1960. The molecule has 0 saturated heterocycles. The van der Waals surface area contributed by atoms with E-state index in [9.17, 15) is 0 Å². The van der Waals surface area contributed by atoms with Gasteiger partial charge in [0.15, 0.2) is 0 Å². The van der Waals surface area contributed by atoms with E-state index in [2.05, 4.69) is 102 Å². The Morgan fingerprint density at radius 3 is 2.31 bits per heavy atom. The molecule has 0 unspecified atom stereocenters. The zero-order valence-electron chi connectivity index (χ0n) is 23.2. The third kappa shape index (κ3) is 4.98. The van der Waals surface area contributed by atoms with Gasteiger partial charge in [-0.1, -0.05) is 79.3 Å². The van der Waals surface area contributed by atoms with E-state index in [1.807, 2.05) is 66.5 Å². The first kappa shape index (κ1) is 28.1. The summed E-state index contributed by atoms with van der Waals surface area (Å²) in [5.41, 5.74) is 5.62. The summed E-state index contributed by atoms with van der Waals surface area (Å²) in [5, 5.41) is 3.60. The van der Waals surface area contributed by atoms with Crippen LogP contribution in [0, 0.1) is 12.1 Å². The fourth-order valence-corrected chi connectivity index (χ4v) is 7.13. The van der Waals surface area contributed by atoms with E-state index in [-0.39, 0.29) is 25.5 Å². The number of hydrogen-bond acceptors (Lipinski definition) is 3. The van der Waals surface area contributed by atoms with Crippen molar-refractivity contribution in [2.24, 2.45) is 0 Å². The molecule has 5 heteroatoms. The first-order chi connectivity index (χ1) is 20.1. The molecule has 0 bridgehead atoms. The van der Waals surface area contributed by atoms with E-state index in [0.29, 0.717) is 0 Å². The van der Waals surface area contributed by atoms with Gasteiger partial charge in [0.1, 0.15) is 5.82 Å². The van der Waals surface area contributed by atoms with Gasteiger partial charge in [0.05, 0.1) is 0 Å². The van der Waals surface area contributed by atoms with Crippen LogP contribution in [0.15, 0.2) is 137 Å². The summed E-state index contributed by atoms with van der Waals surface area (Å²) >= 11 is 1.86. The Morgan fingerprint density at radius 1 is 0.738 bits per heavy atom. The van der Waals surface area contributed by atoms with E-state index in [0.717, 1.165) is 28.0 Å². The summed E-state index contributed by atoms with van der Waals surface area (Å²) in [6, 6.07) is 45.9. The van der Waals surface area contributed by atoms with E-state index in [1.54, 1.807) is 6.20 Å². The molecular formula is C37H27IrN3S-2. The maximum absolute atomic E-state index is 4.86. The molecule has 0 aliphatic carbocycles. The first-order valence-corrected chi connectivity index (χ1v) is 14.5. The quantitative estimate of drug-likeness (QED) is 0.166. The predicted octanol–water partition coefficient (Wildman–Crippen LogP) is 9.32. The fraction of sp³-hybridized carbons (Fsp3) is 0.0811. The fourth-order valence-electron chi connectivity index (χ4n) is 5.61. The monoisotopic (exact) mass is 738 g/mol. The number of aromatic nitrogens is 3. The van der Waals surface area contributed by atoms with Crippen molar-refractivity contribution in [3.8, 4) is 17.1 Å². The normalized spacial score (nSPS) is 12.9. The molecule has 0 atom stereocenters. The molecule has 8 rings (SSSR count). The Labute approximate surface area is 264 Å². The first-order valence-electron chi connectivity index (χ1n) is 13.7. The summed E-state index contributed by atoms with van der Waals surface area (Å²) in [6.07, 6.45) is 3.76. The molecule has 1 aliphatic heterocycles. The topological polar surface area (TPSA) is 30.7 Å². The van der Waals surface area contributed by atoms with Crippen LogP contribution in [0.4, 0.5) is 0 Å². The van der Waals surface area contributed by atoms with Crippen LogP contribution in [-0.2, 0) is 25.5 Å². The van der Waals surface area contributed by atoms with Crippen LogP contribution in [0.1, 0.15) is 25.1 Å². The van der Waals surface area contributed by atoms with Crippen molar-refractivity contribution >= 4 is 33.4 Å². The average molecular weight is 738 g/mol. The number of hydrogen-bond donors (Lipinski definition) is 0. The second-order valence-corrected chi connectivity index (χ2v) is 11.6. The summed E-state index contributed by atoms with van der Waals surface area (Å²) in [7, 11) is 0. The van der Waals surface area contributed by atoms with Gasteiger partial charge in [-0.2, -0.15) is 24.3 Å². The Balaban J connectivity index is 0.000000205. The van der Waals surface area contributed by atoms with Crippen molar-refractivity contribution in [3.05, 3.63) is 151 Å². The molecule has 0 saturated carbocycles. The molecule has 1 radical (unpaired) electrons. The summed E-state index contributed by atoms with van der Waals surface area (Å²) in [4.78, 5) is 11.7. The maximum atomic E-state index is 4.86. The Hall–Kier alpha value is -4.02. The van der Waals surface area contributed by atoms with Crippen molar-refractivity contribution in [1.29, 1.82) is 0 Å². The van der Waals surface area contributed by atoms with Crippen LogP contribution < -0.4 is 0 Å². The molecule has 7 aromatic rings. The standard InChI is InChI=1S/C26H19N2S.C11H8N.Ir/c1-26(2)20-12-6-8-14-22(20)29-24-19-11-5-7-13-21(19)28(25(24)26)23-15-17-9-3-4-10-18(17)16-27-23;1-2-6-10(7-3-1)11-8-4-5-9-12-11;/h3-12,14-16H,1-2H3;1-6,8-9H;/q2*-1;. The summed E-state index contributed by atoms with van der Waals surface area (Å²) in [5.74, 6) is 0.949. The summed E-state index contributed by atoms with van der Waals surface area (Å²) in [6.45, 7) is 4.64. The third-order valence-corrected chi connectivity index (χ3v) is 8.79. The van der Waals surface area contributed by atoms with Gasteiger partial charge in [0, 0.05) is 53.9 Å². The molecule has 4 aromatic carbocycles. The van der Waals surface area contributed by atoms with Crippen molar-refractivity contribution < 1.29 is 20.1 Å². The van der Waals surface area contributed by atoms with Crippen LogP contribution in [-0.4, -0.2) is 14.5 Å². The van der Waals surface area contributed by atoms with Crippen molar-refractivity contribution in [2.45, 2.75) is 29.1 Å². The largest absolute Gasteiger partial charge is 0.321 e. The SMILES string of the molecule is CC1(C)c2ccccc2Sc2c1n(-c1cc3ccccc3cn1)c1[c-]cccc21.[Ir].[c-]1ccccc1-c1ccccn1. The van der Waals surface area contributed by atoms with Gasteiger partial charge in [0.25, 0.3) is 0 Å². The number of nitrogens with zero attached hydrogens (tertiary/aromatic N) is 3. The minimum Gasteiger partial charge on any atom is -0.321 e. The Kier molecular flexibility index (Phi) is 7.83. The zero-order chi connectivity index (χ0) is 27.8. The number of rotatable bonds is 2. The van der Waals surface area contributed by atoms with Crippen LogP contribution in [0.5, 0.6) is 0 Å². The molecule has 42 heavy (non-hydrogen) atoms. The molecule has 3 nitrogen and oxygen atoms in total. The average Bonchev–Trinajstić information content (AvgIpc) is 3.37. The third-order valence-electron chi connectivity index (χ3n) is 7.60. The molecule has 207 valence electrons. The molecule has 4 heterocycles. The van der Waals surface area contributed by atoms with Crippen molar-refractivity contribution in [1.82, 2.24) is 14.5 Å². The van der Waals surface area contributed by atoms with Crippen LogP contribution in [0.2, 0.25) is 0 Å². The van der Waals surface area contributed by atoms with Crippen molar-refractivity contribution in [2.75, 3.05) is 0 Å². The smallest absolute Gasteiger partial charge is 0.136 e. The molecule has 0 fully saturated rings. The van der Waals surface area contributed by atoms with Gasteiger partial charge in [-0.3, -0.25) is 0 Å². The molecule has 0 N–H and O–H groups in total. The minimum absolute atomic E-state index is 0. The number of benzene rings is 4.